The molecule has 4 rings (SSSR count). The van der Waals surface area contributed by atoms with Crippen LogP contribution in [0.2, 0.25) is 0 Å². The fourth-order valence-electron chi connectivity index (χ4n) is 4.03. The Labute approximate surface area is 206 Å². The van der Waals surface area contributed by atoms with E-state index < -0.39 is 10.0 Å². The number of imidazole rings is 1. The van der Waals surface area contributed by atoms with Crippen molar-refractivity contribution < 1.29 is 17.9 Å². The molecule has 1 aromatic heterocycles. The van der Waals surface area contributed by atoms with Gasteiger partial charge in [0.1, 0.15) is 5.75 Å². The van der Waals surface area contributed by atoms with E-state index >= 15 is 0 Å². The first-order valence-corrected chi connectivity index (χ1v) is 13.2. The van der Waals surface area contributed by atoms with Crippen molar-refractivity contribution >= 4 is 21.6 Å². The van der Waals surface area contributed by atoms with E-state index in [2.05, 4.69) is 15.6 Å². The highest BCUT2D eigenvalue weighted by atomic mass is 32.2. The molecule has 9 nitrogen and oxygen atoms in total. The lowest BCUT2D eigenvalue weighted by atomic mass is 10.1. The molecule has 0 spiro atoms. The van der Waals surface area contributed by atoms with E-state index in [9.17, 15) is 13.2 Å². The fraction of sp³-hybridized carbons (Fsp3) is 0.360. The maximum Gasteiger partial charge on any atom is 0.251 e. The van der Waals surface area contributed by atoms with Gasteiger partial charge in [0.05, 0.1) is 18.3 Å². The molecule has 2 heterocycles. The number of benzene rings is 2. The van der Waals surface area contributed by atoms with Crippen molar-refractivity contribution in [3.8, 4) is 5.75 Å². The molecule has 186 valence electrons. The van der Waals surface area contributed by atoms with Crippen LogP contribution >= 0.6 is 0 Å². The van der Waals surface area contributed by atoms with Gasteiger partial charge in [-0.2, -0.15) is 4.31 Å². The molecule has 1 saturated heterocycles. The highest BCUT2D eigenvalue weighted by molar-refractivity contribution is 7.89. The smallest absolute Gasteiger partial charge is 0.251 e. The van der Waals surface area contributed by atoms with Crippen LogP contribution in [-0.4, -0.2) is 54.9 Å². The zero-order valence-corrected chi connectivity index (χ0v) is 20.6. The summed E-state index contributed by atoms with van der Waals surface area (Å²) >= 11 is 0. The van der Waals surface area contributed by atoms with Gasteiger partial charge in [0, 0.05) is 56.4 Å². The van der Waals surface area contributed by atoms with Gasteiger partial charge in [-0.1, -0.05) is 12.1 Å². The van der Waals surface area contributed by atoms with Crippen molar-refractivity contribution in [2.45, 2.75) is 37.2 Å². The van der Waals surface area contributed by atoms with Crippen molar-refractivity contribution in [1.82, 2.24) is 19.2 Å². The molecule has 0 radical (unpaired) electrons. The average molecular weight is 498 g/mol. The van der Waals surface area contributed by atoms with Gasteiger partial charge in [-0.3, -0.25) is 4.79 Å². The van der Waals surface area contributed by atoms with Crippen LogP contribution in [0.25, 0.3) is 0 Å². The quantitative estimate of drug-likeness (QED) is 0.395. The molecule has 35 heavy (non-hydrogen) atoms. The van der Waals surface area contributed by atoms with Crippen LogP contribution in [0.1, 0.15) is 35.2 Å². The number of amides is 1. The van der Waals surface area contributed by atoms with Gasteiger partial charge < -0.3 is 19.9 Å². The van der Waals surface area contributed by atoms with E-state index in [4.69, 9.17) is 4.74 Å². The number of sulfonamides is 1. The fourth-order valence-corrected chi connectivity index (χ4v) is 5.62. The van der Waals surface area contributed by atoms with Crippen LogP contribution in [0.4, 0.5) is 5.69 Å². The molecule has 0 bridgehead atoms. The molecule has 0 unspecified atom stereocenters. The van der Waals surface area contributed by atoms with E-state index in [0.29, 0.717) is 37.4 Å². The lowest BCUT2D eigenvalue weighted by Crippen LogP contribution is -2.29. The van der Waals surface area contributed by atoms with Gasteiger partial charge >= 0.3 is 0 Å². The number of hydrogen-bond acceptors (Lipinski definition) is 6. The number of hydrogen-bond donors (Lipinski definition) is 2. The van der Waals surface area contributed by atoms with Crippen LogP contribution in [0, 0.1) is 0 Å². The van der Waals surface area contributed by atoms with Crippen molar-refractivity contribution in [3.05, 3.63) is 72.3 Å². The van der Waals surface area contributed by atoms with Gasteiger partial charge in [-0.15, -0.1) is 0 Å². The molecular formula is C25H31N5O4S. The number of anilines is 1. The number of nitrogens with one attached hydrogen (secondary N) is 2. The first-order valence-electron chi connectivity index (χ1n) is 11.7. The number of nitrogens with zero attached hydrogens (tertiary/aromatic N) is 3. The standard InChI is InChI=1S/C25H31N5O4S/c1-34-23-7-4-6-20(14-23)18-28-22-15-21(25(31)27-8-5-10-29-13-9-26-19-29)16-24(17-22)35(32,33)30-11-2-3-12-30/h4,6-7,9,13-17,19,28H,2-3,5,8,10-12,18H2,1H3,(H,27,31). The van der Waals surface area contributed by atoms with Gasteiger partial charge in [0.25, 0.3) is 5.91 Å². The maximum atomic E-state index is 13.3. The number of carbonyl (C=O) groups excluding carboxylic acids is 1. The van der Waals surface area contributed by atoms with Gasteiger partial charge in [-0.05, 0) is 55.2 Å². The van der Waals surface area contributed by atoms with Crippen LogP contribution in [0.5, 0.6) is 5.75 Å². The number of ether oxygens (including phenoxy) is 1. The number of carbonyl (C=O) groups is 1. The Kier molecular flexibility index (Phi) is 8.04. The summed E-state index contributed by atoms with van der Waals surface area (Å²) in [5, 5.41) is 6.17. The Morgan fingerprint density at radius 3 is 2.71 bits per heavy atom. The number of methoxy groups -OCH3 is 1. The van der Waals surface area contributed by atoms with Gasteiger partial charge in [0.2, 0.25) is 10.0 Å². The van der Waals surface area contributed by atoms with E-state index in [-0.39, 0.29) is 10.8 Å². The molecule has 1 aliphatic heterocycles. The molecule has 10 heteroatoms. The lowest BCUT2D eigenvalue weighted by Gasteiger charge is -2.18. The Bertz CT molecular complexity index is 1240. The summed E-state index contributed by atoms with van der Waals surface area (Å²) in [6, 6.07) is 12.4. The molecule has 2 aromatic carbocycles. The topological polar surface area (TPSA) is 106 Å². The zero-order chi connectivity index (χ0) is 24.7. The van der Waals surface area contributed by atoms with E-state index in [1.54, 1.807) is 31.8 Å². The Morgan fingerprint density at radius 1 is 1.14 bits per heavy atom. The Balaban J connectivity index is 1.51. The van der Waals surface area contributed by atoms with Crippen LogP contribution in [-0.2, 0) is 23.1 Å². The van der Waals surface area contributed by atoms with E-state index in [0.717, 1.165) is 37.1 Å². The van der Waals surface area contributed by atoms with Crippen LogP contribution in [0.3, 0.4) is 0 Å². The van der Waals surface area contributed by atoms with Crippen LogP contribution in [0.15, 0.2) is 66.1 Å². The number of rotatable bonds is 11. The molecule has 1 amide bonds. The third-order valence-electron chi connectivity index (χ3n) is 5.94. The van der Waals surface area contributed by atoms with Gasteiger partial charge in [0.15, 0.2) is 0 Å². The summed E-state index contributed by atoms with van der Waals surface area (Å²) in [4.78, 5) is 17.1. The molecule has 3 aromatic rings. The van der Waals surface area contributed by atoms with Crippen molar-refractivity contribution in [2.24, 2.45) is 0 Å². The minimum atomic E-state index is -3.68. The Hall–Kier alpha value is -3.37. The molecule has 2 N–H and O–H groups in total. The zero-order valence-electron chi connectivity index (χ0n) is 19.8. The third kappa shape index (κ3) is 6.40. The summed E-state index contributed by atoms with van der Waals surface area (Å²) in [5.74, 6) is 0.434. The Morgan fingerprint density at radius 2 is 1.97 bits per heavy atom. The van der Waals surface area contributed by atoms with Crippen molar-refractivity contribution in [1.29, 1.82) is 0 Å². The molecule has 0 aliphatic carbocycles. The van der Waals surface area contributed by atoms with Gasteiger partial charge in [-0.25, -0.2) is 13.4 Å². The molecule has 0 saturated carbocycles. The average Bonchev–Trinajstić information content (AvgIpc) is 3.60. The SMILES string of the molecule is COc1cccc(CNc2cc(C(=O)NCCCn3ccnc3)cc(S(=O)(=O)N3CCCC3)c2)c1. The van der Waals surface area contributed by atoms with E-state index in [1.807, 2.05) is 35.0 Å². The lowest BCUT2D eigenvalue weighted by molar-refractivity contribution is 0.0952. The largest absolute Gasteiger partial charge is 0.497 e. The third-order valence-corrected chi connectivity index (χ3v) is 7.82. The maximum absolute atomic E-state index is 13.3. The van der Waals surface area contributed by atoms with Crippen molar-refractivity contribution in [3.63, 3.8) is 0 Å². The normalized spacial score (nSPS) is 14.1. The second-order valence-electron chi connectivity index (χ2n) is 8.47. The van der Waals surface area contributed by atoms with Crippen LogP contribution < -0.4 is 15.4 Å². The van der Waals surface area contributed by atoms with Crippen molar-refractivity contribution in [2.75, 3.05) is 32.1 Å². The summed E-state index contributed by atoms with van der Waals surface area (Å²) in [7, 11) is -2.07. The molecular weight excluding hydrogens is 466 g/mol. The highest BCUT2D eigenvalue weighted by Crippen LogP contribution is 2.26. The molecule has 1 fully saturated rings. The predicted molar refractivity (Wildman–Crippen MR) is 134 cm³/mol. The summed E-state index contributed by atoms with van der Waals surface area (Å²) < 4.78 is 35.2. The first kappa shape index (κ1) is 24.7. The monoisotopic (exact) mass is 497 g/mol. The van der Waals surface area contributed by atoms with E-state index in [1.165, 1.54) is 10.4 Å². The summed E-state index contributed by atoms with van der Waals surface area (Å²) in [6.07, 6.45) is 7.73. The predicted octanol–water partition coefficient (Wildman–Crippen LogP) is 3.11. The number of aromatic nitrogens is 2. The molecule has 0 atom stereocenters. The summed E-state index contributed by atoms with van der Waals surface area (Å²) in [6.45, 7) is 2.65. The highest BCUT2D eigenvalue weighted by Gasteiger charge is 2.28. The first-order chi connectivity index (χ1) is 17.0. The second-order valence-corrected chi connectivity index (χ2v) is 10.4. The number of aryl methyl sites for hydroxylation is 1. The molecule has 1 aliphatic rings. The minimum absolute atomic E-state index is 0.124. The summed E-state index contributed by atoms with van der Waals surface area (Å²) in [5.41, 5.74) is 1.85. The second kappa shape index (κ2) is 11.4. The minimum Gasteiger partial charge on any atom is -0.497 e.